The summed E-state index contributed by atoms with van der Waals surface area (Å²) < 4.78 is 2.24. The van der Waals surface area contributed by atoms with E-state index in [1.165, 1.54) is 0 Å². The number of thioether (sulfide) groups is 1. The van der Waals surface area contributed by atoms with Crippen LogP contribution < -0.4 is 10.6 Å². The number of hydrogen-bond acceptors (Lipinski definition) is 5. The lowest BCUT2D eigenvalue weighted by molar-refractivity contribution is -0.127. The predicted molar refractivity (Wildman–Crippen MR) is 119 cm³/mol. The lowest BCUT2D eigenvalue weighted by Gasteiger charge is -2.15. The summed E-state index contributed by atoms with van der Waals surface area (Å²) in [4.78, 5) is 18.2. The molecule has 0 saturated carbocycles. The number of nitrogens with zero attached hydrogens (tertiary/aromatic N) is 5. The summed E-state index contributed by atoms with van der Waals surface area (Å²) in [6.07, 6.45) is 6.51. The number of carbonyl (C=O) groups is 1. The van der Waals surface area contributed by atoms with Gasteiger partial charge in [0.05, 0.1) is 0 Å². The molecule has 2 heterocycles. The molecule has 1 aromatic rings. The minimum absolute atomic E-state index is 0.286. The first kappa shape index (κ1) is 23.5. The average molecular weight is 424 g/mol. The standard InChI is InChI=1S/C20H37N7OS/c1-5-21-19(23-12-8-14-26-13-7-10-18(26)28)22-11-6-9-17-24-25-20(29-4)27(17)15-16(2)3/h16H,5-15H2,1-4H3,(H2,21,22,23). The van der Waals surface area contributed by atoms with Crippen LogP contribution >= 0.6 is 11.8 Å². The molecule has 1 saturated heterocycles. The van der Waals surface area contributed by atoms with E-state index in [9.17, 15) is 4.79 Å². The van der Waals surface area contributed by atoms with E-state index in [0.717, 1.165) is 81.9 Å². The Balaban J connectivity index is 1.74. The van der Waals surface area contributed by atoms with Crippen molar-refractivity contribution < 1.29 is 4.79 Å². The van der Waals surface area contributed by atoms with E-state index in [-0.39, 0.29) is 5.91 Å². The molecule has 2 N–H and O–H groups in total. The van der Waals surface area contributed by atoms with Crippen LogP contribution in [0.25, 0.3) is 0 Å². The first-order valence-electron chi connectivity index (χ1n) is 10.8. The highest BCUT2D eigenvalue weighted by Gasteiger charge is 2.18. The van der Waals surface area contributed by atoms with Gasteiger partial charge in [-0.1, -0.05) is 25.6 Å². The van der Waals surface area contributed by atoms with Gasteiger partial charge in [-0.05, 0) is 38.4 Å². The molecule has 0 aliphatic carbocycles. The summed E-state index contributed by atoms with van der Waals surface area (Å²) in [5.74, 6) is 2.75. The van der Waals surface area contributed by atoms with Crippen LogP contribution in [-0.4, -0.2) is 70.5 Å². The number of nitrogens with one attached hydrogen (secondary N) is 2. The highest BCUT2D eigenvalue weighted by molar-refractivity contribution is 7.98. The second kappa shape index (κ2) is 12.7. The van der Waals surface area contributed by atoms with Gasteiger partial charge in [0.25, 0.3) is 0 Å². The minimum atomic E-state index is 0.286. The third-order valence-corrected chi connectivity index (χ3v) is 5.43. The number of rotatable bonds is 12. The molecular weight excluding hydrogens is 386 g/mol. The zero-order valence-corrected chi connectivity index (χ0v) is 19.2. The zero-order chi connectivity index (χ0) is 21.1. The molecule has 1 fully saturated rings. The van der Waals surface area contributed by atoms with Crippen LogP contribution in [0.3, 0.4) is 0 Å². The zero-order valence-electron chi connectivity index (χ0n) is 18.4. The number of hydrogen-bond donors (Lipinski definition) is 2. The summed E-state index contributed by atoms with van der Waals surface area (Å²) >= 11 is 1.65. The molecule has 0 atom stereocenters. The van der Waals surface area contributed by atoms with Gasteiger partial charge < -0.3 is 20.1 Å². The predicted octanol–water partition coefficient (Wildman–Crippen LogP) is 2.16. The molecule has 0 unspecified atom stereocenters. The van der Waals surface area contributed by atoms with Crippen LogP contribution in [-0.2, 0) is 17.8 Å². The molecule has 0 bridgehead atoms. The third-order valence-electron chi connectivity index (χ3n) is 4.77. The van der Waals surface area contributed by atoms with Crippen molar-refractivity contribution in [1.29, 1.82) is 0 Å². The lowest BCUT2D eigenvalue weighted by atomic mass is 10.2. The number of aryl methyl sites for hydroxylation is 1. The maximum atomic E-state index is 11.7. The molecule has 1 aliphatic rings. The number of aromatic nitrogens is 3. The lowest BCUT2D eigenvalue weighted by Crippen LogP contribution is -2.38. The molecule has 164 valence electrons. The maximum absolute atomic E-state index is 11.7. The Bertz CT molecular complexity index is 659. The number of aliphatic imine (C=N–C) groups is 1. The Kier molecular flexibility index (Phi) is 10.3. The van der Waals surface area contributed by atoms with Crippen molar-refractivity contribution in [2.45, 2.75) is 64.6 Å². The fourth-order valence-electron chi connectivity index (χ4n) is 3.39. The van der Waals surface area contributed by atoms with E-state index in [1.54, 1.807) is 11.8 Å². The smallest absolute Gasteiger partial charge is 0.222 e. The molecule has 1 aliphatic heterocycles. The Morgan fingerprint density at radius 2 is 2.10 bits per heavy atom. The van der Waals surface area contributed by atoms with Gasteiger partial charge in [0.1, 0.15) is 5.82 Å². The highest BCUT2D eigenvalue weighted by Crippen LogP contribution is 2.16. The molecule has 0 spiro atoms. The van der Waals surface area contributed by atoms with Crippen LogP contribution in [0.15, 0.2) is 10.1 Å². The van der Waals surface area contributed by atoms with Crippen LogP contribution in [0.5, 0.6) is 0 Å². The second-order valence-electron chi connectivity index (χ2n) is 7.74. The molecule has 0 radical (unpaired) electrons. The molecule has 9 heteroatoms. The van der Waals surface area contributed by atoms with Crippen LogP contribution in [0.1, 0.15) is 52.3 Å². The topological polar surface area (TPSA) is 87.4 Å². The van der Waals surface area contributed by atoms with Gasteiger partial charge in [-0.3, -0.25) is 9.79 Å². The van der Waals surface area contributed by atoms with E-state index in [0.29, 0.717) is 12.3 Å². The second-order valence-corrected chi connectivity index (χ2v) is 8.51. The van der Waals surface area contributed by atoms with Crippen molar-refractivity contribution in [2.75, 3.05) is 39.0 Å². The van der Waals surface area contributed by atoms with Gasteiger partial charge in [0.2, 0.25) is 5.91 Å². The Labute approximate surface area is 179 Å². The van der Waals surface area contributed by atoms with E-state index >= 15 is 0 Å². The van der Waals surface area contributed by atoms with Crippen molar-refractivity contribution in [1.82, 2.24) is 30.3 Å². The number of carbonyl (C=O) groups excluding carboxylic acids is 1. The van der Waals surface area contributed by atoms with Crippen molar-refractivity contribution in [3.8, 4) is 0 Å². The van der Waals surface area contributed by atoms with Gasteiger partial charge in [-0.2, -0.15) is 0 Å². The maximum Gasteiger partial charge on any atom is 0.222 e. The first-order chi connectivity index (χ1) is 14.0. The molecule has 1 amide bonds. The van der Waals surface area contributed by atoms with E-state index in [2.05, 4.69) is 51.2 Å². The van der Waals surface area contributed by atoms with Crippen molar-refractivity contribution >= 4 is 23.6 Å². The molecule has 1 aromatic heterocycles. The first-order valence-corrected chi connectivity index (χ1v) is 12.0. The van der Waals surface area contributed by atoms with Gasteiger partial charge in [-0.15, -0.1) is 10.2 Å². The summed E-state index contributed by atoms with van der Waals surface area (Å²) in [5.41, 5.74) is 0. The third kappa shape index (κ3) is 7.87. The summed E-state index contributed by atoms with van der Waals surface area (Å²) in [6, 6.07) is 0. The van der Waals surface area contributed by atoms with Crippen LogP contribution in [0, 0.1) is 5.92 Å². The molecule has 8 nitrogen and oxygen atoms in total. The summed E-state index contributed by atoms with van der Waals surface area (Å²) in [5, 5.41) is 16.4. The Hall–Kier alpha value is -1.77. The highest BCUT2D eigenvalue weighted by atomic mass is 32.2. The number of guanidine groups is 1. The van der Waals surface area contributed by atoms with Gasteiger partial charge in [0, 0.05) is 52.1 Å². The fourth-order valence-corrected chi connectivity index (χ4v) is 3.91. The largest absolute Gasteiger partial charge is 0.357 e. The fraction of sp³-hybridized carbons (Fsp3) is 0.800. The average Bonchev–Trinajstić information content (AvgIpc) is 3.27. The van der Waals surface area contributed by atoms with Gasteiger partial charge >= 0.3 is 0 Å². The quantitative estimate of drug-likeness (QED) is 0.232. The van der Waals surface area contributed by atoms with E-state index in [4.69, 9.17) is 0 Å². The SMILES string of the molecule is CCNC(=NCCCN1CCCC1=O)NCCCc1nnc(SC)n1CC(C)C. The molecule has 2 rings (SSSR count). The van der Waals surface area contributed by atoms with E-state index in [1.807, 2.05) is 11.2 Å². The molecule has 0 aromatic carbocycles. The number of likely N-dealkylation sites (tertiary alicyclic amines) is 1. The number of amides is 1. The van der Waals surface area contributed by atoms with Crippen LogP contribution in [0.2, 0.25) is 0 Å². The van der Waals surface area contributed by atoms with Crippen molar-refractivity contribution in [3.63, 3.8) is 0 Å². The van der Waals surface area contributed by atoms with Crippen molar-refractivity contribution in [2.24, 2.45) is 10.9 Å². The Morgan fingerprint density at radius 1 is 1.28 bits per heavy atom. The summed E-state index contributed by atoms with van der Waals surface area (Å²) in [7, 11) is 0. The van der Waals surface area contributed by atoms with E-state index < -0.39 is 0 Å². The summed E-state index contributed by atoms with van der Waals surface area (Å²) in [6.45, 7) is 11.6. The van der Waals surface area contributed by atoms with Crippen LogP contribution in [0.4, 0.5) is 0 Å². The van der Waals surface area contributed by atoms with Gasteiger partial charge in [-0.25, -0.2) is 0 Å². The minimum Gasteiger partial charge on any atom is -0.357 e. The normalized spacial score (nSPS) is 14.9. The Morgan fingerprint density at radius 3 is 2.76 bits per heavy atom. The molecule has 29 heavy (non-hydrogen) atoms. The van der Waals surface area contributed by atoms with Crippen molar-refractivity contribution in [3.05, 3.63) is 5.82 Å². The monoisotopic (exact) mass is 423 g/mol. The van der Waals surface area contributed by atoms with Gasteiger partial charge in [0.15, 0.2) is 11.1 Å². The molecular formula is C20H37N7OS.